The highest BCUT2D eigenvalue weighted by atomic mass is 32.1. The van der Waals surface area contributed by atoms with E-state index in [4.69, 9.17) is 4.98 Å². The highest BCUT2D eigenvalue weighted by molar-refractivity contribution is 7.13. The first-order valence-electron chi connectivity index (χ1n) is 6.40. The Morgan fingerprint density at radius 1 is 1.35 bits per heavy atom. The van der Waals surface area contributed by atoms with Gasteiger partial charge in [0.2, 0.25) is 0 Å². The molecule has 0 radical (unpaired) electrons. The maximum atomic E-state index is 4.73. The van der Waals surface area contributed by atoms with Gasteiger partial charge in [0, 0.05) is 30.9 Å². The lowest BCUT2D eigenvalue weighted by molar-refractivity contribution is 0.569. The topological polar surface area (TPSA) is 28.2 Å². The van der Waals surface area contributed by atoms with Crippen molar-refractivity contribution in [3.63, 3.8) is 0 Å². The number of thiazole rings is 1. The molecule has 0 atom stereocenters. The Kier molecular flexibility index (Phi) is 5.92. The molecule has 1 N–H and O–H groups in total. The molecule has 0 bridgehead atoms. The fraction of sp³-hybridized carbons (Fsp3) is 0.769. The van der Waals surface area contributed by atoms with Crippen LogP contribution in [0.4, 0.5) is 5.13 Å². The van der Waals surface area contributed by atoms with Crippen LogP contribution in [0, 0.1) is 5.92 Å². The predicted molar refractivity (Wildman–Crippen MR) is 77.1 cm³/mol. The average Bonchev–Trinajstić information content (AvgIpc) is 2.70. The van der Waals surface area contributed by atoms with Gasteiger partial charge in [0.25, 0.3) is 0 Å². The Bertz CT molecular complexity index is 320. The normalized spacial score (nSPS) is 11.5. The van der Waals surface area contributed by atoms with Crippen molar-refractivity contribution in [2.75, 3.05) is 25.0 Å². The van der Waals surface area contributed by atoms with Crippen LogP contribution in [-0.2, 0) is 6.42 Å². The molecule has 98 valence electrons. The molecule has 17 heavy (non-hydrogen) atoms. The van der Waals surface area contributed by atoms with Crippen molar-refractivity contribution in [2.45, 2.75) is 40.2 Å². The van der Waals surface area contributed by atoms with Crippen LogP contribution in [0.1, 0.15) is 33.4 Å². The first-order chi connectivity index (χ1) is 8.04. The van der Waals surface area contributed by atoms with Gasteiger partial charge >= 0.3 is 0 Å². The van der Waals surface area contributed by atoms with Gasteiger partial charge in [-0.25, -0.2) is 4.98 Å². The number of anilines is 1. The van der Waals surface area contributed by atoms with Gasteiger partial charge in [-0.05, 0) is 26.8 Å². The maximum absolute atomic E-state index is 4.73. The summed E-state index contributed by atoms with van der Waals surface area (Å²) in [6.45, 7) is 11.1. The molecule has 0 spiro atoms. The predicted octanol–water partition coefficient (Wildman–Crippen LogP) is 2.78. The summed E-state index contributed by atoms with van der Waals surface area (Å²) in [6.07, 6.45) is 1.01. The first-order valence-corrected chi connectivity index (χ1v) is 7.28. The second kappa shape index (κ2) is 6.97. The van der Waals surface area contributed by atoms with Gasteiger partial charge in [-0.15, -0.1) is 11.3 Å². The molecule has 4 heteroatoms. The summed E-state index contributed by atoms with van der Waals surface area (Å²) < 4.78 is 0. The molecular weight excluding hydrogens is 230 g/mol. The number of likely N-dealkylation sites (N-methyl/N-ethyl adjacent to an activating group) is 1. The quantitative estimate of drug-likeness (QED) is 0.812. The van der Waals surface area contributed by atoms with Crippen molar-refractivity contribution in [3.05, 3.63) is 11.1 Å². The zero-order valence-electron chi connectivity index (χ0n) is 11.7. The summed E-state index contributed by atoms with van der Waals surface area (Å²) in [6, 6.07) is 0.515. The van der Waals surface area contributed by atoms with Gasteiger partial charge in [0.1, 0.15) is 0 Å². The minimum absolute atomic E-state index is 0.515. The molecule has 0 saturated heterocycles. The van der Waals surface area contributed by atoms with Crippen molar-refractivity contribution in [3.8, 4) is 0 Å². The highest BCUT2D eigenvalue weighted by Crippen LogP contribution is 2.23. The fourth-order valence-electron chi connectivity index (χ4n) is 1.70. The summed E-state index contributed by atoms with van der Waals surface area (Å²) in [4.78, 5) is 7.13. The van der Waals surface area contributed by atoms with E-state index in [9.17, 15) is 0 Å². The van der Waals surface area contributed by atoms with Gasteiger partial charge in [0.15, 0.2) is 5.13 Å². The lowest BCUT2D eigenvalue weighted by Gasteiger charge is -2.27. The van der Waals surface area contributed by atoms with Crippen molar-refractivity contribution < 1.29 is 0 Å². The first kappa shape index (κ1) is 14.5. The van der Waals surface area contributed by atoms with Gasteiger partial charge in [-0.1, -0.05) is 13.8 Å². The van der Waals surface area contributed by atoms with E-state index in [-0.39, 0.29) is 0 Å². The number of nitrogens with zero attached hydrogens (tertiary/aromatic N) is 2. The number of nitrogens with one attached hydrogen (secondary N) is 1. The van der Waals surface area contributed by atoms with E-state index in [2.05, 4.69) is 43.3 Å². The van der Waals surface area contributed by atoms with Crippen LogP contribution in [0.15, 0.2) is 5.38 Å². The molecule has 0 amide bonds. The zero-order chi connectivity index (χ0) is 12.8. The third kappa shape index (κ3) is 4.64. The van der Waals surface area contributed by atoms with Crippen molar-refractivity contribution >= 4 is 16.5 Å². The van der Waals surface area contributed by atoms with Gasteiger partial charge in [0.05, 0.1) is 5.69 Å². The zero-order valence-corrected chi connectivity index (χ0v) is 12.5. The highest BCUT2D eigenvalue weighted by Gasteiger charge is 2.15. The molecule has 1 heterocycles. The van der Waals surface area contributed by atoms with E-state index in [1.807, 2.05) is 7.05 Å². The summed E-state index contributed by atoms with van der Waals surface area (Å²) in [7, 11) is 1.98. The van der Waals surface area contributed by atoms with Crippen molar-refractivity contribution in [1.29, 1.82) is 0 Å². The van der Waals surface area contributed by atoms with Crippen LogP contribution in [0.2, 0.25) is 0 Å². The molecule has 0 aliphatic heterocycles. The SMILES string of the molecule is CNCCc1csc(N(CC(C)C)C(C)C)n1. The van der Waals surface area contributed by atoms with E-state index in [0.29, 0.717) is 12.0 Å². The number of rotatable bonds is 7. The lowest BCUT2D eigenvalue weighted by atomic mass is 10.2. The Hall–Kier alpha value is -0.610. The van der Waals surface area contributed by atoms with E-state index in [1.165, 1.54) is 10.8 Å². The Labute approximate surface area is 109 Å². The van der Waals surface area contributed by atoms with Gasteiger partial charge in [-0.3, -0.25) is 0 Å². The van der Waals surface area contributed by atoms with Crippen LogP contribution < -0.4 is 10.2 Å². The van der Waals surface area contributed by atoms with Crippen LogP contribution in [-0.4, -0.2) is 31.2 Å². The largest absolute Gasteiger partial charge is 0.345 e. The van der Waals surface area contributed by atoms with E-state index in [0.717, 1.165) is 19.5 Å². The third-order valence-electron chi connectivity index (χ3n) is 2.60. The minimum Gasteiger partial charge on any atom is -0.345 e. The molecule has 0 unspecified atom stereocenters. The monoisotopic (exact) mass is 255 g/mol. The molecule has 0 aliphatic carbocycles. The van der Waals surface area contributed by atoms with Crippen LogP contribution in [0.25, 0.3) is 0 Å². The van der Waals surface area contributed by atoms with Crippen LogP contribution >= 0.6 is 11.3 Å². The maximum Gasteiger partial charge on any atom is 0.185 e. The molecule has 1 rings (SSSR count). The molecular formula is C13H25N3S. The lowest BCUT2D eigenvalue weighted by Crippen LogP contribution is -2.34. The second-order valence-corrected chi connectivity index (χ2v) is 5.95. The van der Waals surface area contributed by atoms with Gasteiger partial charge < -0.3 is 10.2 Å². The van der Waals surface area contributed by atoms with E-state index in [1.54, 1.807) is 11.3 Å². The standard InChI is InChI=1S/C13H25N3S/c1-10(2)8-16(11(3)4)13-15-12(9-17-13)6-7-14-5/h9-11,14H,6-8H2,1-5H3. The van der Waals surface area contributed by atoms with E-state index < -0.39 is 0 Å². The number of hydrogen-bond donors (Lipinski definition) is 1. The number of aromatic nitrogens is 1. The summed E-state index contributed by atoms with van der Waals surface area (Å²) in [5.74, 6) is 0.669. The van der Waals surface area contributed by atoms with Gasteiger partial charge in [-0.2, -0.15) is 0 Å². The second-order valence-electron chi connectivity index (χ2n) is 5.11. The molecule has 0 fully saturated rings. The molecule has 0 aromatic carbocycles. The molecule has 0 aliphatic rings. The van der Waals surface area contributed by atoms with Crippen molar-refractivity contribution in [1.82, 2.24) is 10.3 Å². The molecule has 3 nitrogen and oxygen atoms in total. The van der Waals surface area contributed by atoms with E-state index >= 15 is 0 Å². The molecule has 1 aromatic rings. The molecule has 1 aromatic heterocycles. The Balaban J connectivity index is 2.70. The smallest absolute Gasteiger partial charge is 0.185 e. The van der Waals surface area contributed by atoms with Crippen LogP contribution in [0.3, 0.4) is 0 Å². The van der Waals surface area contributed by atoms with Crippen LogP contribution in [0.5, 0.6) is 0 Å². The summed E-state index contributed by atoms with van der Waals surface area (Å²) in [5.41, 5.74) is 1.20. The Morgan fingerprint density at radius 3 is 2.59 bits per heavy atom. The molecule has 0 saturated carbocycles. The van der Waals surface area contributed by atoms with Crippen molar-refractivity contribution in [2.24, 2.45) is 5.92 Å². The third-order valence-corrected chi connectivity index (χ3v) is 3.53. The Morgan fingerprint density at radius 2 is 2.06 bits per heavy atom. The number of hydrogen-bond acceptors (Lipinski definition) is 4. The summed E-state index contributed by atoms with van der Waals surface area (Å²) in [5, 5.41) is 6.51. The average molecular weight is 255 g/mol. The summed E-state index contributed by atoms with van der Waals surface area (Å²) >= 11 is 1.77. The fourth-order valence-corrected chi connectivity index (χ4v) is 2.70. The minimum atomic E-state index is 0.515.